The molecule has 0 bridgehead atoms. The molecule has 0 aromatic carbocycles. The first-order valence-corrected chi connectivity index (χ1v) is 9.12. The number of aryl methyl sites for hydroxylation is 3. The first-order chi connectivity index (χ1) is 11.5. The van der Waals surface area contributed by atoms with Crippen LogP contribution in [0.2, 0.25) is 0 Å². The fourth-order valence-corrected chi connectivity index (χ4v) is 3.82. The lowest BCUT2D eigenvalue weighted by atomic mass is 10.1. The van der Waals surface area contributed by atoms with Crippen LogP contribution in [-0.2, 0) is 11.2 Å². The maximum atomic E-state index is 12.5. The number of pyridine rings is 1. The van der Waals surface area contributed by atoms with Crippen molar-refractivity contribution in [1.29, 1.82) is 0 Å². The second kappa shape index (κ2) is 7.30. The second-order valence-electron chi connectivity index (χ2n) is 6.25. The van der Waals surface area contributed by atoms with Gasteiger partial charge in [-0.15, -0.1) is 11.3 Å². The minimum atomic E-state index is 0.165. The fraction of sp³-hybridized carbons (Fsp3) is 0.500. The summed E-state index contributed by atoms with van der Waals surface area (Å²) in [5, 5.41) is 1.02. The van der Waals surface area contributed by atoms with E-state index >= 15 is 0 Å². The van der Waals surface area contributed by atoms with Crippen LogP contribution < -0.4 is 4.74 Å². The van der Waals surface area contributed by atoms with E-state index in [1.807, 2.05) is 37.9 Å². The third kappa shape index (κ3) is 3.93. The van der Waals surface area contributed by atoms with Crippen LogP contribution in [0, 0.1) is 20.8 Å². The highest BCUT2D eigenvalue weighted by Gasteiger charge is 2.25. The SMILES string of the molecule is Cc1nc(CC(=O)N2CCC(Oc3ccncc3C)CC2)c(C)s1. The van der Waals surface area contributed by atoms with Gasteiger partial charge in [0.2, 0.25) is 5.91 Å². The van der Waals surface area contributed by atoms with Crippen LogP contribution >= 0.6 is 11.3 Å². The summed E-state index contributed by atoms with van der Waals surface area (Å²) < 4.78 is 6.07. The van der Waals surface area contributed by atoms with Crippen molar-refractivity contribution in [2.75, 3.05) is 13.1 Å². The van der Waals surface area contributed by atoms with Gasteiger partial charge in [0.05, 0.1) is 17.1 Å². The van der Waals surface area contributed by atoms with Crippen molar-refractivity contribution in [2.24, 2.45) is 0 Å². The molecule has 0 aliphatic carbocycles. The van der Waals surface area contributed by atoms with E-state index in [4.69, 9.17) is 4.74 Å². The van der Waals surface area contributed by atoms with E-state index in [1.54, 1.807) is 17.5 Å². The van der Waals surface area contributed by atoms with Crippen LogP contribution in [0.3, 0.4) is 0 Å². The number of carbonyl (C=O) groups excluding carboxylic acids is 1. The van der Waals surface area contributed by atoms with Gasteiger partial charge in [0.1, 0.15) is 11.9 Å². The van der Waals surface area contributed by atoms with E-state index in [-0.39, 0.29) is 12.0 Å². The van der Waals surface area contributed by atoms with Gasteiger partial charge in [-0.3, -0.25) is 9.78 Å². The topological polar surface area (TPSA) is 55.3 Å². The number of ether oxygens (including phenoxy) is 1. The molecule has 3 rings (SSSR count). The summed E-state index contributed by atoms with van der Waals surface area (Å²) in [5.74, 6) is 1.06. The van der Waals surface area contributed by atoms with Crippen LogP contribution in [-0.4, -0.2) is 40.0 Å². The molecule has 0 N–H and O–H groups in total. The summed E-state index contributed by atoms with van der Waals surface area (Å²) in [6.07, 6.45) is 5.86. The Hall–Kier alpha value is -1.95. The molecule has 5 nitrogen and oxygen atoms in total. The van der Waals surface area contributed by atoms with Crippen LogP contribution in [0.5, 0.6) is 5.75 Å². The van der Waals surface area contributed by atoms with Gasteiger partial charge in [-0.1, -0.05) is 0 Å². The first kappa shape index (κ1) is 16.9. The highest BCUT2D eigenvalue weighted by atomic mass is 32.1. The number of hydrogen-bond acceptors (Lipinski definition) is 5. The highest BCUT2D eigenvalue weighted by Crippen LogP contribution is 2.23. The molecular weight excluding hydrogens is 322 g/mol. The number of carbonyl (C=O) groups is 1. The standard InChI is InChI=1S/C18H23N3O2S/c1-12-11-19-7-4-17(12)23-15-5-8-21(9-6-15)18(22)10-16-13(2)24-14(3)20-16/h4,7,11,15H,5-6,8-10H2,1-3H3. The van der Waals surface area contributed by atoms with E-state index < -0.39 is 0 Å². The minimum absolute atomic E-state index is 0.165. The monoisotopic (exact) mass is 345 g/mol. The minimum Gasteiger partial charge on any atom is -0.490 e. The maximum Gasteiger partial charge on any atom is 0.228 e. The Morgan fingerprint density at radius 1 is 1.33 bits per heavy atom. The fourth-order valence-electron chi connectivity index (χ4n) is 2.99. The lowest BCUT2D eigenvalue weighted by molar-refractivity contribution is -0.132. The van der Waals surface area contributed by atoms with Gasteiger partial charge < -0.3 is 9.64 Å². The third-order valence-electron chi connectivity index (χ3n) is 4.38. The van der Waals surface area contributed by atoms with Crippen LogP contribution in [0.15, 0.2) is 18.5 Å². The predicted molar refractivity (Wildman–Crippen MR) is 94.5 cm³/mol. The van der Waals surface area contributed by atoms with Crippen LogP contribution in [0.1, 0.15) is 34.0 Å². The van der Waals surface area contributed by atoms with E-state index in [0.717, 1.165) is 52.8 Å². The molecule has 6 heteroatoms. The Labute approximate surface area is 146 Å². The molecule has 128 valence electrons. The predicted octanol–water partition coefficient (Wildman–Crippen LogP) is 3.08. The zero-order valence-corrected chi connectivity index (χ0v) is 15.2. The van der Waals surface area contributed by atoms with Crippen molar-refractivity contribution in [2.45, 2.75) is 46.1 Å². The summed E-state index contributed by atoms with van der Waals surface area (Å²) in [5.41, 5.74) is 1.97. The molecule has 1 aliphatic heterocycles. The zero-order valence-electron chi connectivity index (χ0n) is 14.4. The van der Waals surface area contributed by atoms with E-state index in [9.17, 15) is 4.79 Å². The molecule has 1 saturated heterocycles. The number of amides is 1. The first-order valence-electron chi connectivity index (χ1n) is 8.31. The van der Waals surface area contributed by atoms with Gasteiger partial charge in [0.15, 0.2) is 0 Å². The van der Waals surface area contributed by atoms with Gasteiger partial charge >= 0.3 is 0 Å². The molecule has 0 saturated carbocycles. The number of piperidine rings is 1. The summed E-state index contributed by atoms with van der Waals surface area (Å²) in [6.45, 7) is 7.50. The number of rotatable bonds is 4. The molecular formula is C18H23N3O2S. The molecule has 24 heavy (non-hydrogen) atoms. The van der Waals surface area contributed by atoms with Crippen molar-refractivity contribution >= 4 is 17.2 Å². The van der Waals surface area contributed by atoms with Crippen molar-refractivity contribution in [1.82, 2.24) is 14.9 Å². The summed E-state index contributed by atoms with van der Waals surface area (Å²) in [7, 11) is 0. The molecule has 3 heterocycles. The Morgan fingerprint density at radius 2 is 2.08 bits per heavy atom. The Bertz CT molecular complexity index is 721. The third-order valence-corrected chi connectivity index (χ3v) is 5.30. The molecule has 0 spiro atoms. The van der Waals surface area contributed by atoms with Crippen molar-refractivity contribution in [3.8, 4) is 5.75 Å². The lowest BCUT2D eigenvalue weighted by Gasteiger charge is -2.32. The van der Waals surface area contributed by atoms with Crippen molar-refractivity contribution in [3.63, 3.8) is 0 Å². The average Bonchev–Trinajstić information content (AvgIpc) is 2.88. The van der Waals surface area contributed by atoms with Crippen molar-refractivity contribution < 1.29 is 9.53 Å². The summed E-state index contributed by atoms with van der Waals surface area (Å²) in [4.78, 5) is 24.1. The van der Waals surface area contributed by atoms with Gasteiger partial charge in [0, 0.05) is 48.8 Å². The molecule has 1 amide bonds. The van der Waals surface area contributed by atoms with Gasteiger partial charge in [-0.25, -0.2) is 4.98 Å². The molecule has 1 aliphatic rings. The molecule has 0 unspecified atom stereocenters. The van der Waals surface area contributed by atoms with E-state index in [2.05, 4.69) is 9.97 Å². The molecule has 0 radical (unpaired) electrons. The quantitative estimate of drug-likeness (QED) is 0.854. The zero-order chi connectivity index (χ0) is 17.1. The van der Waals surface area contributed by atoms with Crippen LogP contribution in [0.25, 0.3) is 0 Å². The largest absolute Gasteiger partial charge is 0.490 e. The normalized spacial score (nSPS) is 15.5. The van der Waals surface area contributed by atoms with Gasteiger partial charge in [-0.2, -0.15) is 0 Å². The molecule has 1 fully saturated rings. The number of nitrogens with zero attached hydrogens (tertiary/aromatic N) is 3. The van der Waals surface area contributed by atoms with Gasteiger partial charge in [0.25, 0.3) is 0 Å². The molecule has 2 aromatic heterocycles. The number of hydrogen-bond donors (Lipinski definition) is 0. The Balaban J connectivity index is 1.52. The number of likely N-dealkylation sites (tertiary alicyclic amines) is 1. The second-order valence-corrected chi connectivity index (χ2v) is 7.66. The molecule has 2 aromatic rings. The highest BCUT2D eigenvalue weighted by molar-refractivity contribution is 7.11. The number of aromatic nitrogens is 2. The van der Waals surface area contributed by atoms with Crippen LogP contribution in [0.4, 0.5) is 0 Å². The lowest BCUT2D eigenvalue weighted by Crippen LogP contribution is -2.42. The maximum absolute atomic E-state index is 12.5. The van der Waals surface area contributed by atoms with E-state index in [0.29, 0.717) is 6.42 Å². The molecule has 0 atom stereocenters. The summed E-state index contributed by atoms with van der Waals surface area (Å²) in [6, 6.07) is 1.90. The average molecular weight is 345 g/mol. The van der Waals surface area contributed by atoms with E-state index in [1.165, 1.54) is 0 Å². The van der Waals surface area contributed by atoms with Crippen molar-refractivity contribution in [3.05, 3.63) is 39.6 Å². The van der Waals surface area contributed by atoms with Gasteiger partial charge in [-0.05, 0) is 26.8 Å². The number of thiazole rings is 1. The summed E-state index contributed by atoms with van der Waals surface area (Å²) >= 11 is 1.65. The smallest absolute Gasteiger partial charge is 0.228 e. The Kier molecular flexibility index (Phi) is 5.14. The Morgan fingerprint density at radius 3 is 2.71 bits per heavy atom.